The summed E-state index contributed by atoms with van der Waals surface area (Å²) in [5.74, 6) is -0.513. The fraction of sp³-hybridized carbons (Fsp3) is 0.222. The molecule has 0 radical (unpaired) electrons. The lowest BCUT2D eigenvalue weighted by molar-refractivity contribution is 0.0517. The zero-order chi connectivity index (χ0) is 11.7. The first-order valence-corrected chi connectivity index (χ1v) is 5.26. The topological polar surface area (TPSA) is 56.5 Å². The predicted octanol–water partition coefficient (Wildman–Crippen LogP) is 2.21. The van der Waals surface area contributed by atoms with Crippen LogP contribution in [0.4, 0.5) is 0 Å². The van der Waals surface area contributed by atoms with Gasteiger partial charge in [0.2, 0.25) is 0 Å². The van der Waals surface area contributed by atoms with Gasteiger partial charge in [-0.25, -0.2) is 14.3 Å². The van der Waals surface area contributed by atoms with E-state index in [4.69, 9.17) is 27.9 Å². The van der Waals surface area contributed by atoms with Gasteiger partial charge in [0.15, 0.2) is 16.5 Å². The van der Waals surface area contributed by atoms with E-state index in [1.165, 1.54) is 16.8 Å². The molecule has 2 aromatic heterocycles. The van der Waals surface area contributed by atoms with E-state index in [1.807, 2.05) is 0 Å². The molecule has 0 bridgehead atoms. The number of imidazole rings is 1. The Bertz CT molecular complexity index is 553. The van der Waals surface area contributed by atoms with Crippen LogP contribution in [0.5, 0.6) is 0 Å². The lowest BCUT2D eigenvalue weighted by Gasteiger charge is -2.01. The minimum absolute atomic E-state index is 0.182. The molecule has 7 heteroatoms. The van der Waals surface area contributed by atoms with Crippen LogP contribution in [-0.4, -0.2) is 27.2 Å². The van der Waals surface area contributed by atoms with E-state index >= 15 is 0 Å². The highest BCUT2D eigenvalue weighted by atomic mass is 35.5. The van der Waals surface area contributed by atoms with E-state index in [0.717, 1.165) is 0 Å². The number of nitrogens with zero attached hydrogens (tertiary/aromatic N) is 3. The molecule has 0 aliphatic carbocycles. The molecule has 2 aromatic rings. The standard InChI is InChI=1S/C9H7Cl2N3O2/c1-2-16-9(15)6-4-12-8-5(10)3-7(11)13-14(6)8/h3-4H,2H2,1H3. The SMILES string of the molecule is CCOC(=O)c1cnc2c(Cl)cc(Cl)nn12. The molecular formula is C9H7Cl2N3O2. The summed E-state index contributed by atoms with van der Waals surface area (Å²) in [5.41, 5.74) is 0.565. The van der Waals surface area contributed by atoms with Gasteiger partial charge in [0.1, 0.15) is 0 Å². The number of hydrogen-bond acceptors (Lipinski definition) is 4. The Morgan fingerprint density at radius 2 is 2.31 bits per heavy atom. The van der Waals surface area contributed by atoms with Gasteiger partial charge in [-0.3, -0.25) is 0 Å². The van der Waals surface area contributed by atoms with Gasteiger partial charge in [-0.2, -0.15) is 5.10 Å². The second kappa shape index (κ2) is 4.27. The van der Waals surface area contributed by atoms with Gasteiger partial charge in [0, 0.05) is 0 Å². The molecule has 2 heterocycles. The van der Waals surface area contributed by atoms with Crippen molar-refractivity contribution in [3.8, 4) is 0 Å². The van der Waals surface area contributed by atoms with Crippen LogP contribution >= 0.6 is 23.2 Å². The smallest absolute Gasteiger partial charge is 0.358 e. The molecular weight excluding hydrogens is 253 g/mol. The second-order valence-corrected chi connectivity index (χ2v) is 3.71. The normalized spacial score (nSPS) is 10.7. The Morgan fingerprint density at radius 3 is 3.00 bits per heavy atom. The van der Waals surface area contributed by atoms with Crippen molar-refractivity contribution < 1.29 is 9.53 Å². The molecule has 0 saturated heterocycles. The maximum Gasteiger partial charge on any atom is 0.358 e. The highest BCUT2D eigenvalue weighted by Crippen LogP contribution is 2.20. The first kappa shape index (κ1) is 11.2. The number of rotatable bonds is 2. The maximum absolute atomic E-state index is 11.5. The largest absolute Gasteiger partial charge is 0.461 e. The van der Waals surface area contributed by atoms with E-state index < -0.39 is 5.97 Å². The Labute approximate surface area is 101 Å². The van der Waals surface area contributed by atoms with Gasteiger partial charge in [-0.1, -0.05) is 23.2 Å². The van der Waals surface area contributed by atoms with E-state index in [9.17, 15) is 4.79 Å². The fourth-order valence-corrected chi connectivity index (χ4v) is 1.72. The second-order valence-electron chi connectivity index (χ2n) is 2.91. The molecule has 5 nitrogen and oxygen atoms in total. The van der Waals surface area contributed by atoms with Gasteiger partial charge in [-0.05, 0) is 13.0 Å². The van der Waals surface area contributed by atoms with E-state index in [2.05, 4.69) is 10.1 Å². The van der Waals surface area contributed by atoms with Crippen molar-refractivity contribution in [1.82, 2.24) is 14.6 Å². The summed E-state index contributed by atoms with van der Waals surface area (Å²) in [6.45, 7) is 1.99. The molecule has 0 aliphatic heterocycles. The number of aromatic nitrogens is 3. The monoisotopic (exact) mass is 259 g/mol. The maximum atomic E-state index is 11.5. The summed E-state index contributed by atoms with van der Waals surface area (Å²) < 4.78 is 6.11. The number of carbonyl (C=O) groups excluding carboxylic acids is 1. The Morgan fingerprint density at radius 1 is 1.56 bits per heavy atom. The van der Waals surface area contributed by atoms with Crippen molar-refractivity contribution in [1.29, 1.82) is 0 Å². The summed E-state index contributed by atoms with van der Waals surface area (Å²) in [4.78, 5) is 15.5. The molecule has 0 atom stereocenters. The Kier molecular flexibility index (Phi) is 2.98. The van der Waals surface area contributed by atoms with Gasteiger partial charge in [0.05, 0.1) is 17.8 Å². The minimum Gasteiger partial charge on any atom is -0.461 e. The summed E-state index contributed by atoms with van der Waals surface area (Å²) in [7, 11) is 0. The molecule has 16 heavy (non-hydrogen) atoms. The summed E-state index contributed by atoms with van der Waals surface area (Å²) in [5, 5.41) is 4.44. The van der Waals surface area contributed by atoms with Gasteiger partial charge < -0.3 is 4.74 Å². The molecule has 0 aliphatic rings. The Hall–Kier alpha value is -1.33. The van der Waals surface area contributed by atoms with Gasteiger partial charge in [0.25, 0.3) is 0 Å². The number of halogens is 2. The van der Waals surface area contributed by atoms with E-state index in [1.54, 1.807) is 6.92 Å². The molecule has 0 spiro atoms. The quantitative estimate of drug-likeness (QED) is 0.777. The van der Waals surface area contributed by atoms with Crippen LogP contribution in [0.3, 0.4) is 0 Å². The van der Waals surface area contributed by atoms with Crippen molar-refractivity contribution in [2.45, 2.75) is 6.92 Å². The summed E-state index contributed by atoms with van der Waals surface area (Å²) in [6.07, 6.45) is 1.35. The first-order valence-electron chi connectivity index (χ1n) is 4.50. The molecule has 0 amide bonds. The van der Waals surface area contributed by atoms with Crippen molar-refractivity contribution in [3.05, 3.63) is 28.1 Å². The zero-order valence-electron chi connectivity index (χ0n) is 8.28. The zero-order valence-corrected chi connectivity index (χ0v) is 9.79. The summed E-state index contributed by atoms with van der Waals surface area (Å²) in [6, 6.07) is 1.46. The number of fused-ring (bicyclic) bond motifs is 1. The van der Waals surface area contributed by atoms with Crippen LogP contribution in [0, 0.1) is 0 Å². The van der Waals surface area contributed by atoms with Crippen LogP contribution < -0.4 is 0 Å². The third-order valence-electron chi connectivity index (χ3n) is 1.88. The molecule has 84 valence electrons. The van der Waals surface area contributed by atoms with Gasteiger partial charge in [-0.15, -0.1) is 0 Å². The number of esters is 1. The van der Waals surface area contributed by atoms with E-state index in [-0.39, 0.29) is 17.5 Å². The molecule has 0 unspecified atom stereocenters. The third-order valence-corrected chi connectivity index (χ3v) is 2.34. The average molecular weight is 260 g/mol. The van der Waals surface area contributed by atoms with Crippen LogP contribution in [-0.2, 0) is 4.74 Å². The van der Waals surface area contributed by atoms with Crippen molar-refractivity contribution in [2.24, 2.45) is 0 Å². The lowest BCUT2D eigenvalue weighted by atomic mass is 10.5. The minimum atomic E-state index is -0.513. The molecule has 0 fully saturated rings. The Balaban J connectivity index is 2.60. The lowest BCUT2D eigenvalue weighted by Crippen LogP contribution is -2.09. The third kappa shape index (κ3) is 1.83. The van der Waals surface area contributed by atoms with Crippen LogP contribution in [0.15, 0.2) is 12.3 Å². The molecule has 0 N–H and O–H groups in total. The highest BCUT2D eigenvalue weighted by molar-refractivity contribution is 6.35. The highest BCUT2D eigenvalue weighted by Gasteiger charge is 2.16. The summed E-state index contributed by atoms with van der Waals surface area (Å²) >= 11 is 11.6. The van der Waals surface area contributed by atoms with Crippen LogP contribution in [0.25, 0.3) is 5.65 Å². The average Bonchev–Trinajstić information content (AvgIpc) is 2.61. The molecule has 0 aromatic carbocycles. The van der Waals surface area contributed by atoms with Crippen molar-refractivity contribution in [3.63, 3.8) is 0 Å². The van der Waals surface area contributed by atoms with Crippen LogP contribution in [0.2, 0.25) is 10.2 Å². The van der Waals surface area contributed by atoms with Crippen molar-refractivity contribution in [2.75, 3.05) is 6.61 Å². The number of hydrogen-bond donors (Lipinski definition) is 0. The fourth-order valence-electron chi connectivity index (χ4n) is 1.25. The number of carbonyl (C=O) groups is 1. The predicted molar refractivity (Wildman–Crippen MR) is 59.0 cm³/mol. The van der Waals surface area contributed by atoms with Crippen molar-refractivity contribution >= 4 is 34.8 Å². The van der Waals surface area contributed by atoms with Crippen LogP contribution in [0.1, 0.15) is 17.4 Å². The number of ether oxygens (including phenoxy) is 1. The molecule has 0 saturated carbocycles. The van der Waals surface area contributed by atoms with Gasteiger partial charge >= 0.3 is 5.97 Å². The first-order chi connectivity index (χ1) is 7.63. The molecule has 2 rings (SSSR count). The van der Waals surface area contributed by atoms with E-state index in [0.29, 0.717) is 10.7 Å².